The molecule has 2 aromatic heterocycles. The normalized spacial score (nSPS) is 13.2. The molecular formula is C15H16F3N3. The van der Waals surface area contributed by atoms with E-state index in [1.165, 1.54) is 6.20 Å². The van der Waals surface area contributed by atoms with Crippen LogP contribution in [-0.4, -0.2) is 16.5 Å². The molecule has 1 unspecified atom stereocenters. The van der Waals surface area contributed by atoms with Crippen LogP contribution in [0.1, 0.15) is 35.5 Å². The van der Waals surface area contributed by atoms with Crippen LogP contribution in [-0.2, 0) is 6.18 Å². The summed E-state index contributed by atoms with van der Waals surface area (Å²) in [5, 5.41) is 3.05. The minimum atomic E-state index is -4.42. The smallest absolute Gasteiger partial charge is 0.305 e. The van der Waals surface area contributed by atoms with Crippen LogP contribution in [0.5, 0.6) is 0 Å². The monoisotopic (exact) mass is 295 g/mol. The van der Waals surface area contributed by atoms with Crippen molar-refractivity contribution in [1.29, 1.82) is 0 Å². The third-order valence-corrected chi connectivity index (χ3v) is 3.08. The van der Waals surface area contributed by atoms with Crippen molar-refractivity contribution in [1.82, 2.24) is 15.3 Å². The summed E-state index contributed by atoms with van der Waals surface area (Å²) in [6.07, 6.45) is -2.02. The second kappa shape index (κ2) is 6.22. The van der Waals surface area contributed by atoms with E-state index in [0.717, 1.165) is 18.0 Å². The van der Waals surface area contributed by atoms with Gasteiger partial charge in [0, 0.05) is 23.7 Å². The zero-order chi connectivity index (χ0) is 15.5. The molecule has 0 saturated heterocycles. The molecule has 0 aliphatic rings. The Bertz CT molecular complexity index is 611. The Morgan fingerprint density at radius 1 is 1.24 bits per heavy atom. The van der Waals surface area contributed by atoms with E-state index in [9.17, 15) is 13.2 Å². The molecule has 0 aliphatic carbocycles. The highest BCUT2D eigenvalue weighted by Gasteiger charge is 2.35. The predicted molar refractivity (Wildman–Crippen MR) is 73.7 cm³/mol. The van der Waals surface area contributed by atoms with E-state index < -0.39 is 17.8 Å². The van der Waals surface area contributed by atoms with E-state index in [1.54, 1.807) is 25.1 Å². The average molecular weight is 295 g/mol. The van der Waals surface area contributed by atoms with Crippen molar-refractivity contribution in [3.8, 4) is 0 Å². The molecule has 0 spiro atoms. The summed E-state index contributed by atoms with van der Waals surface area (Å²) in [7, 11) is 0. The first-order valence-electron chi connectivity index (χ1n) is 6.61. The van der Waals surface area contributed by atoms with E-state index in [1.807, 2.05) is 6.92 Å². The average Bonchev–Trinajstić information content (AvgIpc) is 2.44. The molecule has 21 heavy (non-hydrogen) atoms. The van der Waals surface area contributed by atoms with Gasteiger partial charge in [0.2, 0.25) is 0 Å². The number of alkyl halides is 3. The van der Waals surface area contributed by atoms with Gasteiger partial charge in [0.25, 0.3) is 0 Å². The van der Waals surface area contributed by atoms with Gasteiger partial charge in [-0.1, -0.05) is 13.0 Å². The summed E-state index contributed by atoms with van der Waals surface area (Å²) in [5.74, 6) is 0. The van der Waals surface area contributed by atoms with Crippen molar-refractivity contribution >= 4 is 0 Å². The minimum absolute atomic E-state index is 0.0879. The Hall–Kier alpha value is -1.95. The molecule has 0 aromatic carbocycles. The van der Waals surface area contributed by atoms with Gasteiger partial charge < -0.3 is 5.32 Å². The maximum absolute atomic E-state index is 13.2. The molecule has 0 fully saturated rings. The van der Waals surface area contributed by atoms with Crippen LogP contribution in [0.3, 0.4) is 0 Å². The molecule has 6 heteroatoms. The lowest BCUT2D eigenvalue weighted by atomic mass is 9.99. The van der Waals surface area contributed by atoms with Gasteiger partial charge >= 0.3 is 6.18 Å². The van der Waals surface area contributed by atoms with Gasteiger partial charge in [-0.3, -0.25) is 9.97 Å². The second-order valence-electron chi connectivity index (χ2n) is 4.66. The minimum Gasteiger partial charge on any atom is -0.305 e. The highest BCUT2D eigenvalue weighted by molar-refractivity contribution is 5.35. The number of nitrogens with one attached hydrogen (secondary N) is 1. The lowest BCUT2D eigenvalue weighted by Gasteiger charge is -2.21. The molecule has 3 nitrogen and oxygen atoms in total. The Morgan fingerprint density at radius 3 is 2.62 bits per heavy atom. The molecule has 1 atom stereocenters. The number of rotatable bonds is 4. The van der Waals surface area contributed by atoms with Crippen molar-refractivity contribution in [2.75, 3.05) is 6.54 Å². The van der Waals surface area contributed by atoms with Crippen molar-refractivity contribution in [3.05, 3.63) is 59.2 Å². The van der Waals surface area contributed by atoms with Crippen LogP contribution in [0.15, 0.2) is 36.7 Å². The zero-order valence-corrected chi connectivity index (χ0v) is 11.8. The third kappa shape index (κ3) is 3.58. The van der Waals surface area contributed by atoms with Crippen molar-refractivity contribution in [2.45, 2.75) is 26.1 Å². The first-order valence-corrected chi connectivity index (χ1v) is 6.61. The van der Waals surface area contributed by atoms with Crippen molar-refractivity contribution < 1.29 is 13.2 Å². The first-order chi connectivity index (χ1) is 9.93. The molecule has 2 heterocycles. The van der Waals surface area contributed by atoms with Crippen LogP contribution in [0.4, 0.5) is 13.2 Å². The maximum atomic E-state index is 13.2. The molecule has 112 valence electrons. The standard InChI is InChI=1S/C15H16F3N3/c1-3-20-14(13-6-4-5-10(2)21-13)11-9-19-8-7-12(11)15(16,17)18/h4-9,14,20H,3H2,1-2H3. The summed E-state index contributed by atoms with van der Waals surface area (Å²) >= 11 is 0. The summed E-state index contributed by atoms with van der Waals surface area (Å²) < 4.78 is 39.5. The van der Waals surface area contributed by atoms with Crippen LogP contribution >= 0.6 is 0 Å². The summed E-state index contributed by atoms with van der Waals surface area (Å²) in [6, 6.07) is 5.66. The molecule has 2 rings (SSSR count). The lowest BCUT2D eigenvalue weighted by Crippen LogP contribution is -2.26. The molecule has 0 amide bonds. The largest absolute Gasteiger partial charge is 0.416 e. The number of aryl methyl sites for hydroxylation is 1. The molecule has 1 N–H and O–H groups in total. The fourth-order valence-electron chi connectivity index (χ4n) is 2.20. The number of pyridine rings is 2. The Kier molecular flexibility index (Phi) is 4.57. The predicted octanol–water partition coefficient (Wildman–Crippen LogP) is 3.50. The second-order valence-corrected chi connectivity index (χ2v) is 4.66. The SMILES string of the molecule is CCNC(c1cccc(C)n1)c1cnccc1C(F)(F)F. The Labute approximate surface area is 121 Å². The number of hydrogen-bond acceptors (Lipinski definition) is 3. The highest BCUT2D eigenvalue weighted by atomic mass is 19.4. The summed E-state index contributed by atoms with van der Waals surface area (Å²) in [6.45, 7) is 4.17. The topological polar surface area (TPSA) is 37.8 Å². The fourth-order valence-corrected chi connectivity index (χ4v) is 2.20. The number of halogens is 3. The van der Waals surface area contributed by atoms with Gasteiger partial charge in [-0.25, -0.2) is 0 Å². The van der Waals surface area contributed by atoms with E-state index in [4.69, 9.17) is 0 Å². The summed E-state index contributed by atoms with van der Waals surface area (Å²) in [5.41, 5.74) is 0.708. The van der Waals surface area contributed by atoms with Crippen LogP contribution < -0.4 is 5.32 Å². The molecule has 0 saturated carbocycles. The van der Waals surface area contributed by atoms with Gasteiger partial charge in [0.05, 0.1) is 17.3 Å². The molecule has 0 aliphatic heterocycles. The van der Waals surface area contributed by atoms with Crippen LogP contribution in [0.2, 0.25) is 0 Å². The van der Waals surface area contributed by atoms with E-state index in [2.05, 4.69) is 15.3 Å². The molecule has 2 aromatic rings. The number of hydrogen-bond donors (Lipinski definition) is 1. The van der Waals surface area contributed by atoms with Gasteiger partial charge in [-0.05, 0) is 31.7 Å². The maximum Gasteiger partial charge on any atom is 0.416 e. The van der Waals surface area contributed by atoms with Crippen LogP contribution in [0.25, 0.3) is 0 Å². The number of aromatic nitrogens is 2. The van der Waals surface area contributed by atoms with Gasteiger partial charge in [0.15, 0.2) is 0 Å². The summed E-state index contributed by atoms with van der Waals surface area (Å²) in [4.78, 5) is 8.18. The fraction of sp³-hybridized carbons (Fsp3) is 0.333. The van der Waals surface area contributed by atoms with Crippen molar-refractivity contribution in [3.63, 3.8) is 0 Å². The molecule has 0 bridgehead atoms. The Balaban J connectivity index is 2.54. The van der Waals surface area contributed by atoms with Gasteiger partial charge in [-0.15, -0.1) is 0 Å². The number of nitrogens with zero attached hydrogens (tertiary/aromatic N) is 2. The quantitative estimate of drug-likeness (QED) is 0.938. The Morgan fingerprint density at radius 2 is 2.00 bits per heavy atom. The van der Waals surface area contributed by atoms with Gasteiger partial charge in [-0.2, -0.15) is 13.2 Å². The zero-order valence-electron chi connectivity index (χ0n) is 11.8. The highest BCUT2D eigenvalue weighted by Crippen LogP contribution is 2.35. The lowest BCUT2D eigenvalue weighted by molar-refractivity contribution is -0.138. The van der Waals surface area contributed by atoms with E-state index >= 15 is 0 Å². The van der Waals surface area contributed by atoms with Crippen LogP contribution in [0, 0.1) is 6.92 Å². The molecular weight excluding hydrogens is 279 g/mol. The van der Waals surface area contributed by atoms with Crippen molar-refractivity contribution in [2.24, 2.45) is 0 Å². The third-order valence-electron chi connectivity index (χ3n) is 3.08. The van der Waals surface area contributed by atoms with E-state index in [-0.39, 0.29) is 5.56 Å². The molecule has 0 radical (unpaired) electrons. The first kappa shape index (κ1) is 15.4. The van der Waals surface area contributed by atoms with Gasteiger partial charge in [0.1, 0.15) is 0 Å². The van der Waals surface area contributed by atoms with E-state index in [0.29, 0.717) is 12.2 Å².